The van der Waals surface area contributed by atoms with Crippen molar-refractivity contribution in [1.82, 2.24) is 9.88 Å². The Kier molecular flexibility index (Phi) is 3.56. The molecule has 9 heteroatoms. The molecule has 3 amide bonds. The monoisotopic (exact) mass is 402 g/mol. The van der Waals surface area contributed by atoms with Crippen LogP contribution >= 0.6 is 0 Å². The van der Waals surface area contributed by atoms with Crippen LogP contribution in [0.1, 0.15) is 36.6 Å². The molecule has 2 aliphatic heterocycles. The number of nitrogens with two attached hydrogens (primary N) is 1. The first-order valence-electron chi connectivity index (χ1n) is 8.99. The summed E-state index contributed by atoms with van der Waals surface area (Å²) in [7, 11) is 0. The average Bonchev–Trinajstić information content (AvgIpc) is 2.89. The van der Waals surface area contributed by atoms with Gasteiger partial charge in [0.2, 0.25) is 0 Å². The van der Waals surface area contributed by atoms with E-state index in [1.54, 1.807) is 24.3 Å². The van der Waals surface area contributed by atoms with Crippen LogP contribution < -0.4 is 26.7 Å². The smallest absolute Gasteiger partial charge is 0.262 e. The third-order valence-electron chi connectivity index (χ3n) is 5.02. The molecule has 2 aromatic carbocycles. The lowest BCUT2D eigenvalue weighted by Gasteiger charge is -2.14. The highest BCUT2D eigenvalue weighted by molar-refractivity contribution is 6.23. The predicted molar refractivity (Wildman–Crippen MR) is 107 cm³/mol. The highest BCUT2D eigenvalue weighted by Gasteiger charge is 2.32. The summed E-state index contributed by atoms with van der Waals surface area (Å²) >= 11 is 0. The van der Waals surface area contributed by atoms with Crippen LogP contribution in [0.5, 0.6) is 11.5 Å². The van der Waals surface area contributed by atoms with E-state index in [1.165, 1.54) is 6.07 Å². The number of hydrogen-bond donors (Lipinski definition) is 3. The number of nitrogens with zero attached hydrogens (tertiary/aromatic N) is 1. The molecule has 3 heterocycles. The van der Waals surface area contributed by atoms with Gasteiger partial charge in [0.25, 0.3) is 23.3 Å². The zero-order valence-electron chi connectivity index (χ0n) is 15.6. The molecular weight excluding hydrogens is 388 g/mol. The summed E-state index contributed by atoms with van der Waals surface area (Å²) in [5.41, 5.74) is 7.25. The highest BCUT2D eigenvalue weighted by Crippen LogP contribution is 2.37. The standard InChI is InChI=1S/C21H14N4O5/c1-9-2-4-15-13(6-9)23-19(27)11-7-10(3-5-14(11)30-15)25-16(26)8-12-17(18(25)22)21(29)24-20(12)28/h2-8H,22H2,1H3,(H,23,27)(H,24,28,29). The van der Waals surface area contributed by atoms with Gasteiger partial charge in [0.05, 0.1) is 28.1 Å². The number of pyridine rings is 1. The van der Waals surface area contributed by atoms with E-state index in [2.05, 4.69) is 10.6 Å². The number of benzene rings is 2. The van der Waals surface area contributed by atoms with Crippen molar-refractivity contribution in [3.8, 4) is 17.2 Å². The number of aromatic nitrogens is 1. The number of imide groups is 1. The van der Waals surface area contributed by atoms with Crippen molar-refractivity contribution in [3.63, 3.8) is 0 Å². The molecule has 30 heavy (non-hydrogen) atoms. The van der Waals surface area contributed by atoms with Crippen molar-refractivity contribution in [1.29, 1.82) is 0 Å². The summed E-state index contributed by atoms with van der Waals surface area (Å²) in [6.45, 7) is 1.90. The minimum Gasteiger partial charge on any atom is -0.454 e. The topological polar surface area (TPSA) is 133 Å². The molecule has 1 aromatic heterocycles. The summed E-state index contributed by atoms with van der Waals surface area (Å²) in [6, 6.07) is 11.0. The Morgan fingerprint density at radius 3 is 2.37 bits per heavy atom. The molecule has 0 saturated heterocycles. The summed E-state index contributed by atoms with van der Waals surface area (Å²) in [6.07, 6.45) is 0. The molecule has 0 fully saturated rings. The summed E-state index contributed by atoms with van der Waals surface area (Å²) in [5, 5.41) is 4.91. The van der Waals surface area contributed by atoms with E-state index >= 15 is 0 Å². The summed E-state index contributed by atoms with van der Waals surface area (Å²) in [4.78, 5) is 49.3. The second-order valence-corrected chi connectivity index (χ2v) is 7.01. The Balaban J connectivity index is 1.66. The number of nitrogen functional groups attached to an aromatic ring is 1. The van der Waals surface area contributed by atoms with E-state index in [1.807, 2.05) is 13.0 Å². The molecule has 0 aliphatic carbocycles. The Bertz CT molecular complexity index is 1370. The Labute approximate surface area is 169 Å². The van der Waals surface area contributed by atoms with Gasteiger partial charge >= 0.3 is 0 Å². The molecular formula is C21H14N4O5. The molecule has 0 spiro atoms. The quantitative estimate of drug-likeness (QED) is 0.533. The molecule has 9 nitrogen and oxygen atoms in total. The Morgan fingerprint density at radius 2 is 1.57 bits per heavy atom. The first-order valence-corrected chi connectivity index (χ1v) is 8.99. The fourth-order valence-corrected chi connectivity index (χ4v) is 3.61. The minimum atomic E-state index is -0.678. The van der Waals surface area contributed by atoms with E-state index in [9.17, 15) is 19.2 Å². The second kappa shape index (κ2) is 6.05. The van der Waals surface area contributed by atoms with Gasteiger partial charge in [-0.05, 0) is 42.8 Å². The lowest BCUT2D eigenvalue weighted by atomic mass is 10.1. The normalized spacial score (nSPS) is 14.1. The van der Waals surface area contributed by atoms with Crippen molar-refractivity contribution in [3.05, 3.63) is 75.1 Å². The van der Waals surface area contributed by atoms with Crippen molar-refractivity contribution < 1.29 is 19.1 Å². The van der Waals surface area contributed by atoms with E-state index in [4.69, 9.17) is 10.5 Å². The van der Waals surface area contributed by atoms with Gasteiger partial charge < -0.3 is 15.8 Å². The number of aryl methyl sites for hydroxylation is 1. The van der Waals surface area contributed by atoms with Gasteiger partial charge in [0.15, 0.2) is 5.75 Å². The maximum atomic E-state index is 12.8. The second-order valence-electron chi connectivity index (χ2n) is 7.01. The van der Waals surface area contributed by atoms with Crippen molar-refractivity contribution >= 4 is 29.2 Å². The number of anilines is 2. The molecule has 4 N–H and O–H groups in total. The number of hydrogen-bond acceptors (Lipinski definition) is 6. The van der Waals surface area contributed by atoms with Gasteiger partial charge in [0.1, 0.15) is 11.6 Å². The van der Waals surface area contributed by atoms with Crippen LogP contribution in [0.4, 0.5) is 11.5 Å². The Hall–Kier alpha value is -4.40. The average molecular weight is 402 g/mol. The number of carbonyl (C=O) groups excluding carboxylic acids is 3. The number of ether oxygens (including phenoxy) is 1. The van der Waals surface area contributed by atoms with Gasteiger partial charge in [-0.2, -0.15) is 0 Å². The van der Waals surface area contributed by atoms with Crippen LogP contribution in [0.3, 0.4) is 0 Å². The predicted octanol–water partition coefficient (Wildman–Crippen LogP) is 1.97. The van der Waals surface area contributed by atoms with Crippen LogP contribution in [0.15, 0.2) is 47.3 Å². The maximum Gasteiger partial charge on any atom is 0.262 e. The molecule has 0 unspecified atom stereocenters. The number of rotatable bonds is 1. The summed E-state index contributed by atoms with van der Waals surface area (Å²) < 4.78 is 6.95. The van der Waals surface area contributed by atoms with Crippen LogP contribution in [0.2, 0.25) is 0 Å². The van der Waals surface area contributed by atoms with Gasteiger partial charge in [-0.3, -0.25) is 29.1 Å². The van der Waals surface area contributed by atoms with Crippen molar-refractivity contribution in [2.45, 2.75) is 6.92 Å². The number of fused-ring (bicyclic) bond motifs is 3. The van der Waals surface area contributed by atoms with Gasteiger partial charge in [-0.15, -0.1) is 0 Å². The highest BCUT2D eigenvalue weighted by atomic mass is 16.5. The number of carbonyl (C=O) groups is 3. The third-order valence-corrected chi connectivity index (χ3v) is 5.02. The van der Waals surface area contributed by atoms with E-state index in [0.29, 0.717) is 17.2 Å². The molecule has 0 saturated carbocycles. The molecule has 148 valence electrons. The molecule has 2 aliphatic rings. The molecule has 5 rings (SSSR count). The zero-order valence-corrected chi connectivity index (χ0v) is 15.6. The number of nitrogens with one attached hydrogen (secondary N) is 2. The van der Waals surface area contributed by atoms with Crippen molar-refractivity contribution in [2.24, 2.45) is 0 Å². The number of amides is 3. The molecule has 3 aromatic rings. The molecule has 0 radical (unpaired) electrons. The lowest BCUT2D eigenvalue weighted by molar-refractivity contribution is 0.0879. The fourth-order valence-electron chi connectivity index (χ4n) is 3.61. The summed E-state index contributed by atoms with van der Waals surface area (Å²) in [5.74, 6) is -1.16. The zero-order chi connectivity index (χ0) is 21.2. The maximum absolute atomic E-state index is 12.8. The third kappa shape index (κ3) is 2.49. The molecule has 0 bridgehead atoms. The minimum absolute atomic E-state index is 0.0691. The SMILES string of the molecule is Cc1ccc2c(c1)NC(=O)c1cc(-n3c(N)c4c(cc3=O)C(=O)NC4=O)ccc1O2. The van der Waals surface area contributed by atoms with Crippen LogP contribution in [0.25, 0.3) is 5.69 Å². The van der Waals surface area contributed by atoms with Gasteiger partial charge in [-0.1, -0.05) is 6.07 Å². The van der Waals surface area contributed by atoms with E-state index in [-0.39, 0.29) is 28.2 Å². The van der Waals surface area contributed by atoms with E-state index < -0.39 is 23.3 Å². The lowest BCUT2D eigenvalue weighted by Crippen LogP contribution is -2.24. The Morgan fingerprint density at radius 1 is 0.833 bits per heavy atom. The molecule has 0 atom stereocenters. The fraction of sp³-hybridized carbons (Fsp3) is 0.0476. The van der Waals surface area contributed by atoms with Gasteiger partial charge in [0, 0.05) is 6.07 Å². The first-order chi connectivity index (χ1) is 14.3. The van der Waals surface area contributed by atoms with Crippen LogP contribution in [0, 0.1) is 6.92 Å². The first kappa shape index (κ1) is 17.7. The van der Waals surface area contributed by atoms with Gasteiger partial charge in [-0.25, -0.2) is 0 Å². The largest absolute Gasteiger partial charge is 0.454 e. The van der Waals surface area contributed by atoms with Crippen LogP contribution in [-0.2, 0) is 0 Å². The van der Waals surface area contributed by atoms with Crippen molar-refractivity contribution in [2.75, 3.05) is 11.1 Å². The van der Waals surface area contributed by atoms with E-state index in [0.717, 1.165) is 16.2 Å². The van der Waals surface area contributed by atoms with Crippen LogP contribution in [-0.4, -0.2) is 22.3 Å².